The zero-order valence-corrected chi connectivity index (χ0v) is 11.4. The van der Waals surface area contributed by atoms with E-state index in [9.17, 15) is 10.1 Å². The summed E-state index contributed by atoms with van der Waals surface area (Å²) in [4.78, 5) is 20.8. The largest absolute Gasteiger partial charge is 0.378 e. The van der Waals surface area contributed by atoms with Gasteiger partial charge in [0.1, 0.15) is 6.20 Å². The van der Waals surface area contributed by atoms with Crippen molar-refractivity contribution in [3.63, 3.8) is 0 Å². The van der Waals surface area contributed by atoms with Crippen LogP contribution in [-0.4, -0.2) is 27.5 Å². The van der Waals surface area contributed by atoms with Gasteiger partial charge in [-0.15, -0.1) is 0 Å². The number of rotatable bonds is 2. The Hall–Kier alpha value is -1.92. The number of hydrogen-bond donors (Lipinski definition) is 1. The maximum atomic E-state index is 10.8. The van der Waals surface area contributed by atoms with Crippen molar-refractivity contribution in [1.82, 2.24) is 9.97 Å². The average Bonchev–Trinajstić information content (AvgIpc) is 2.46. The first-order valence-electron chi connectivity index (χ1n) is 7.20. The molecular formula is C13H19N5O2. The van der Waals surface area contributed by atoms with Gasteiger partial charge in [-0.2, -0.15) is 4.98 Å². The van der Waals surface area contributed by atoms with E-state index in [0.29, 0.717) is 17.9 Å². The van der Waals surface area contributed by atoms with Gasteiger partial charge in [0.2, 0.25) is 11.8 Å². The molecule has 1 aromatic rings. The molecule has 20 heavy (non-hydrogen) atoms. The van der Waals surface area contributed by atoms with Gasteiger partial charge in [0.15, 0.2) is 0 Å². The van der Waals surface area contributed by atoms with Crippen molar-refractivity contribution in [3.8, 4) is 0 Å². The van der Waals surface area contributed by atoms with Gasteiger partial charge in [0, 0.05) is 12.6 Å². The molecule has 2 atom stereocenters. The Kier molecular flexibility index (Phi) is 3.42. The first kappa shape index (κ1) is 13.1. The molecule has 1 saturated heterocycles. The molecule has 3 rings (SSSR count). The molecule has 2 N–H and O–H groups in total. The summed E-state index contributed by atoms with van der Waals surface area (Å²) in [5, 5.41) is 10.8. The van der Waals surface area contributed by atoms with Crippen LogP contribution >= 0.6 is 0 Å². The average molecular weight is 277 g/mol. The van der Waals surface area contributed by atoms with Crippen molar-refractivity contribution in [1.29, 1.82) is 0 Å². The third kappa shape index (κ3) is 2.28. The molecule has 1 aliphatic carbocycles. The van der Waals surface area contributed by atoms with Crippen LogP contribution in [0.2, 0.25) is 0 Å². The quantitative estimate of drug-likeness (QED) is 0.656. The van der Waals surface area contributed by atoms with Crippen molar-refractivity contribution in [2.45, 2.75) is 44.6 Å². The van der Waals surface area contributed by atoms with Crippen LogP contribution in [0.4, 0.5) is 17.5 Å². The Balaban J connectivity index is 1.87. The van der Waals surface area contributed by atoms with Crippen LogP contribution in [0.15, 0.2) is 6.20 Å². The number of hydrogen-bond acceptors (Lipinski definition) is 6. The number of nitrogens with two attached hydrogens (primary N) is 1. The highest BCUT2D eigenvalue weighted by atomic mass is 16.6. The molecule has 0 unspecified atom stereocenters. The van der Waals surface area contributed by atoms with Crippen molar-refractivity contribution < 1.29 is 4.92 Å². The number of fused-ring (bicyclic) bond motifs is 1. The number of nitrogens with zero attached hydrogens (tertiary/aromatic N) is 4. The van der Waals surface area contributed by atoms with E-state index in [1.165, 1.54) is 31.9 Å². The van der Waals surface area contributed by atoms with Crippen molar-refractivity contribution in [3.05, 3.63) is 16.3 Å². The Morgan fingerprint density at radius 3 is 2.80 bits per heavy atom. The maximum Gasteiger partial charge on any atom is 0.329 e. The van der Waals surface area contributed by atoms with Gasteiger partial charge in [-0.25, -0.2) is 4.98 Å². The molecule has 7 nitrogen and oxygen atoms in total. The summed E-state index contributed by atoms with van der Waals surface area (Å²) in [7, 11) is 0. The molecule has 1 aliphatic heterocycles. The van der Waals surface area contributed by atoms with Crippen molar-refractivity contribution >= 4 is 17.5 Å². The van der Waals surface area contributed by atoms with Crippen molar-refractivity contribution in [2.75, 3.05) is 17.2 Å². The second-order valence-corrected chi connectivity index (χ2v) is 5.65. The second-order valence-electron chi connectivity index (χ2n) is 5.65. The number of nitro groups is 1. The Labute approximate surface area is 117 Å². The third-order valence-electron chi connectivity index (χ3n) is 4.48. The fraction of sp³-hybridized carbons (Fsp3) is 0.692. The summed E-state index contributed by atoms with van der Waals surface area (Å²) in [6, 6.07) is 0.471. The summed E-state index contributed by atoms with van der Waals surface area (Å²) in [6.45, 7) is 0.915. The lowest BCUT2D eigenvalue weighted by molar-refractivity contribution is -0.384. The van der Waals surface area contributed by atoms with E-state index in [2.05, 4.69) is 14.9 Å². The van der Waals surface area contributed by atoms with Crippen LogP contribution in [0.1, 0.15) is 38.5 Å². The summed E-state index contributed by atoms with van der Waals surface area (Å²) >= 11 is 0. The van der Waals surface area contributed by atoms with E-state index in [1.807, 2.05) is 0 Å². The van der Waals surface area contributed by atoms with Crippen LogP contribution in [0.25, 0.3) is 0 Å². The van der Waals surface area contributed by atoms with Crippen molar-refractivity contribution in [2.24, 2.45) is 5.92 Å². The molecule has 1 saturated carbocycles. The Morgan fingerprint density at radius 2 is 2.05 bits per heavy atom. The van der Waals surface area contributed by atoms with Gasteiger partial charge in [-0.1, -0.05) is 12.8 Å². The summed E-state index contributed by atoms with van der Waals surface area (Å²) in [5.74, 6) is 1.21. The number of nitrogen functional groups attached to an aromatic ring is 1. The predicted molar refractivity (Wildman–Crippen MR) is 75.4 cm³/mol. The smallest absolute Gasteiger partial charge is 0.329 e. The lowest BCUT2D eigenvalue weighted by Crippen LogP contribution is -2.47. The molecule has 108 valence electrons. The normalized spacial score (nSPS) is 26.1. The topological polar surface area (TPSA) is 98.2 Å². The van der Waals surface area contributed by atoms with Gasteiger partial charge >= 0.3 is 5.69 Å². The van der Waals surface area contributed by atoms with Gasteiger partial charge in [0.25, 0.3) is 0 Å². The Morgan fingerprint density at radius 1 is 1.30 bits per heavy atom. The maximum absolute atomic E-state index is 10.8. The fourth-order valence-corrected chi connectivity index (χ4v) is 3.53. The highest BCUT2D eigenvalue weighted by molar-refractivity contribution is 5.54. The molecule has 0 amide bonds. The minimum Gasteiger partial charge on any atom is -0.378 e. The van der Waals surface area contributed by atoms with Crippen LogP contribution < -0.4 is 10.6 Å². The molecule has 2 aliphatic rings. The zero-order valence-electron chi connectivity index (χ0n) is 11.4. The minimum absolute atomic E-state index is 0.0436. The van der Waals surface area contributed by atoms with Crippen LogP contribution in [0.3, 0.4) is 0 Å². The van der Waals surface area contributed by atoms with E-state index >= 15 is 0 Å². The monoisotopic (exact) mass is 277 g/mol. The van der Waals surface area contributed by atoms with Gasteiger partial charge < -0.3 is 10.6 Å². The zero-order chi connectivity index (χ0) is 14.1. The number of piperidine rings is 1. The van der Waals surface area contributed by atoms with E-state index in [1.54, 1.807) is 0 Å². The molecule has 0 aromatic carbocycles. The summed E-state index contributed by atoms with van der Waals surface area (Å²) in [6.07, 6.45) is 8.59. The molecule has 2 fully saturated rings. The highest BCUT2D eigenvalue weighted by Gasteiger charge is 2.34. The van der Waals surface area contributed by atoms with Gasteiger partial charge in [-0.3, -0.25) is 10.1 Å². The molecule has 0 bridgehead atoms. The molecule has 1 aromatic heterocycles. The van der Waals surface area contributed by atoms with Crippen LogP contribution in [0, 0.1) is 16.0 Å². The van der Waals surface area contributed by atoms with Gasteiger partial charge in [-0.05, 0) is 31.6 Å². The van der Waals surface area contributed by atoms with Gasteiger partial charge in [0.05, 0.1) is 4.92 Å². The predicted octanol–water partition coefficient (Wildman–Crippen LogP) is 2.13. The first-order valence-corrected chi connectivity index (χ1v) is 7.20. The molecule has 0 spiro atoms. The Bertz CT molecular complexity index is 519. The second kappa shape index (κ2) is 5.22. The lowest BCUT2D eigenvalue weighted by Gasteiger charge is -2.44. The molecule has 7 heteroatoms. The third-order valence-corrected chi connectivity index (χ3v) is 4.48. The SMILES string of the molecule is Nc1nc(N2CCC[C@@H]3CCCC[C@H]32)ncc1[N+](=O)[O-]. The fourth-order valence-electron chi connectivity index (χ4n) is 3.53. The van der Waals surface area contributed by atoms with Crippen LogP contribution in [0.5, 0.6) is 0 Å². The first-order chi connectivity index (χ1) is 9.66. The molecular weight excluding hydrogens is 258 g/mol. The molecule has 0 radical (unpaired) electrons. The summed E-state index contributed by atoms with van der Waals surface area (Å²) in [5.41, 5.74) is 5.46. The standard InChI is InChI=1S/C13H19N5O2/c14-12-11(18(19)20)8-15-13(16-12)17-7-3-5-9-4-1-2-6-10(9)17/h8-10H,1-7H2,(H2,14,15,16)/t9-,10+/m0/s1. The molecule has 2 heterocycles. The lowest BCUT2D eigenvalue weighted by atomic mass is 9.78. The minimum atomic E-state index is -0.543. The van der Waals surface area contributed by atoms with E-state index in [-0.39, 0.29) is 11.5 Å². The van der Waals surface area contributed by atoms with E-state index < -0.39 is 4.92 Å². The van der Waals surface area contributed by atoms with E-state index in [4.69, 9.17) is 5.73 Å². The number of aromatic nitrogens is 2. The highest BCUT2D eigenvalue weighted by Crippen LogP contribution is 2.37. The number of anilines is 2. The van der Waals surface area contributed by atoms with Crippen LogP contribution in [-0.2, 0) is 0 Å². The summed E-state index contributed by atoms with van der Waals surface area (Å²) < 4.78 is 0. The van der Waals surface area contributed by atoms with E-state index in [0.717, 1.165) is 19.4 Å².